The number of ether oxygens (including phenoxy) is 1. The Hall–Kier alpha value is -0.0800. The van der Waals surface area contributed by atoms with E-state index in [0.717, 1.165) is 12.5 Å². The molecule has 0 bridgehead atoms. The molecule has 1 heterocycles. The lowest BCUT2D eigenvalue weighted by Gasteiger charge is -2.35. The van der Waals surface area contributed by atoms with E-state index in [-0.39, 0.29) is 0 Å². The Morgan fingerprint density at radius 2 is 1.76 bits per heavy atom. The van der Waals surface area contributed by atoms with Crippen LogP contribution in [0.25, 0.3) is 0 Å². The number of unbranched alkanes of at least 4 members (excludes halogenated alkanes) is 1. The summed E-state index contributed by atoms with van der Waals surface area (Å²) in [5.74, 6) is 0.963. The van der Waals surface area contributed by atoms with E-state index >= 15 is 0 Å². The summed E-state index contributed by atoms with van der Waals surface area (Å²) < 4.78 is 5.08. The highest BCUT2D eigenvalue weighted by atomic mass is 16.5. The van der Waals surface area contributed by atoms with Crippen LogP contribution < -0.4 is 0 Å². The number of hydrogen-bond acceptors (Lipinski definition) is 2. The summed E-state index contributed by atoms with van der Waals surface area (Å²) >= 11 is 0. The lowest BCUT2D eigenvalue weighted by atomic mass is 9.80. The second kappa shape index (κ2) is 7.38. The molecule has 2 nitrogen and oxygen atoms in total. The normalized spacial score (nSPS) is 19.8. The Morgan fingerprint density at radius 1 is 1.12 bits per heavy atom. The molecule has 17 heavy (non-hydrogen) atoms. The molecule has 1 fully saturated rings. The van der Waals surface area contributed by atoms with E-state index in [1.165, 1.54) is 51.7 Å². The number of nitrogens with zero attached hydrogens (tertiary/aromatic N) is 1. The Kier molecular flexibility index (Phi) is 6.50. The van der Waals surface area contributed by atoms with E-state index in [4.69, 9.17) is 4.74 Å². The van der Waals surface area contributed by atoms with E-state index in [0.29, 0.717) is 5.41 Å². The number of rotatable bonds is 6. The van der Waals surface area contributed by atoms with Crippen LogP contribution in [0.3, 0.4) is 0 Å². The molecule has 0 aliphatic carbocycles. The molecule has 0 radical (unpaired) electrons. The fourth-order valence-electron chi connectivity index (χ4n) is 2.86. The second-order valence-electron chi connectivity index (χ2n) is 6.75. The Labute approximate surface area is 108 Å². The molecule has 0 saturated carbocycles. The van der Waals surface area contributed by atoms with Gasteiger partial charge in [0.1, 0.15) is 0 Å². The van der Waals surface area contributed by atoms with E-state index in [9.17, 15) is 0 Å². The van der Waals surface area contributed by atoms with E-state index < -0.39 is 0 Å². The molecule has 0 amide bonds. The minimum absolute atomic E-state index is 0.505. The average molecular weight is 241 g/mol. The van der Waals surface area contributed by atoms with Gasteiger partial charge in [0, 0.05) is 13.7 Å². The zero-order valence-electron chi connectivity index (χ0n) is 12.3. The van der Waals surface area contributed by atoms with Crippen LogP contribution in [-0.4, -0.2) is 38.3 Å². The van der Waals surface area contributed by atoms with Crippen molar-refractivity contribution in [2.24, 2.45) is 11.3 Å². The van der Waals surface area contributed by atoms with Crippen LogP contribution in [0.5, 0.6) is 0 Å². The average Bonchev–Trinajstić information content (AvgIpc) is 2.25. The number of hydrogen-bond donors (Lipinski definition) is 0. The van der Waals surface area contributed by atoms with Crippen molar-refractivity contribution in [2.45, 2.75) is 52.9 Å². The molecule has 0 atom stereocenters. The van der Waals surface area contributed by atoms with Crippen LogP contribution in [0, 0.1) is 11.3 Å². The van der Waals surface area contributed by atoms with Gasteiger partial charge in [0.05, 0.1) is 0 Å². The van der Waals surface area contributed by atoms with Gasteiger partial charge in [-0.05, 0) is 63.1 Å². The third kappa shape index (κ3) is 7.05. The summed E-state index contributed by atoms with van der Waals surface area (Å²) in [7, 11) is 1.79. The van der Waals surface area contributed by atoms with E-state index in [1.807, 2.05) is 0 Å². The highest BCUT2D eigenvalue weighted by molar-refractivity contribution is 4.76. The Bertz CT molecular complexity index is 190. The molecular weight excluding hydrogens is 210 g/mol. The molecule has 0 aromatic heterocycles. The SMILES string of the molecule is COCCCCN1CCC(CC(C)(C)C)CC1. The molecule has 0 spiro atoms. The molecule has 0 unspecified atom stereocenters. The summed E-state index contributed by atoms with van der Waals surface area (Å²) in [5.41, 5.74) is 0.505. The summed E-state index contributed by atoms with van der Waals surface area (Å²) in [5, 5.41) is 0. The molecular formula is C15H31NO. The monoisotopic (exact) mass is 241 g/mol. The maximum Gasteiger partial charge on any atom is 0.0462 e. The van der Waals surface area contributed by atoms with Crippen molar-refractivity contribution in [3.05, 3.63) is 0 Å². The maximum absolute atomic E-state index is 5.08. The highest BCUT2D eigenvalue weighted by Crippen LogP contribution is 2.30. The molecule has 0 N–H and O–H groups in total. The first-order valence-corrected chi connectivity index (χ1v) is 7.22. The van der Waals surface area contributed by atoms with E-state index in [2.05, 4.69) is 25.7 Å². The molecule has 102 valence electrons. The van der Waals surface area contributed by atoms with Crippen molar-refractivity contribution in [1.82, 2.24) is 4.90 Å². The highest BCUT2D eigenvalue weighted by Gasteiger charge is 2.23. The molecule has 0 aromatic carbocycles. The van der Waals surface area contributed by atoms with Gasteiger partial charge < -0.3 is 9.64 Å². The second-order valence-corrected chi connectivity index (χ2v) is 6.75. The number of piperidine rings is 1. The van der Waals surface area contributed by atoms with Crippen LogP contribution in [0.1, 0.15) is 52.9 Å². The van der Waals surface area contributed by atoms with Crippen LogP contribution in [0.15, 0.2) is 0 Å². The minimum atomic E-state index is 0.505. The maximum atomic E-state index is 5.08. The van der Waals surface area contributed by atoms with Crippen molar-refractivity contribution in [1.29, 1.82) is 0 Å². The van der Waals surface area contributed by atoms with Gasteiger partial charge >= 0.3 is 0 Å². The van der Waals surface area contributed by atoms with Crippen LogP contribution in [-0.2, 0) is 4.74 Å². The predicted octanol–water partition coefficient (Wildman–Crippen LogP) is 3.56. The Morgan fingerprint density at radius 3 is 2.29 bits per heavy atom. The smallest absolute Gasteiger partial charge is 0.0462 e. The first kappa shape index (κ1) is 15.0. The summed E-state index contributed by atoms with van der Waals surface area (Å²) in [4.78, 5) is 2.63. The van der Waals surface area contributed by atoms with Crippen LogP contribution >= 0.6 is 0 Å². The molecule has 1 aliphatic heterocycles. The largest absolute Gasteiger partial charge is 0.385 e. The predicted molar refractivity (Wildman–Crippen MR) is 74.3 cm³/mol. The standard InChI is InChI=1S/C15H31NO/c1-15(2,3)13-14-7-10-16(11-8-14)9-5-6-12-17-4/h14H,5-13H2,1-4H3. The zero-order chi connectivity index (χ0) is 12.7. The van der Waals surface area contributed by atoms with Gasteiger partial charge in [-0.25, -0.2) is 0 Å². The molecule has 1 rings (SSSR count). The molecule has 0 aromatic rings. The van der Waals surface area contributed by atoms with Gasteiger partial charge in [-0.2, -0.15) is 0 Å². The quantitative estimate of drug-likeness (QED) is 0.659. The zero-order valence-corrected chi connectivity index (χ0v) is 12.3. The fraction of sp³-hybridized carbons (Fsp3) is 1.00. The van der Waals surface area contributed by atoms with Crippen molar-refractivity contribution >= 4 is 0 Å². The van der Waals surface area contributed by atoms with Crippen LogP contribution in [0.4, 0.5) is 0 Å². The van der Waals surface area contributed by atoms with Crippen molar-refractivity contribution in [3.63, 3.8) is 0 Å². The fourth-order valence-corrected chi connectivity index (χ4v) is 2.86. The van der Waals surface area contributed by atoms with Gasteiger partial charge in [0.15, 0.2) is 0 Å². The van der Waals surface area contributed by atoms with Gasteiger partial charge in [-0.15, -0.1) is 0 Å². The Balaban J connectivity index is 2.09. The van der Waals surface area contributed by atoms with E-state index in [1.54, 1.807) is 7.11 Å². The molecule has 2 heteroatoms. The molecule has 1 saturated heterocycles. The first-order valence-electron chi connectivity index (χ1n) is 7.22. The number of likely N-dealkylation sites (tertiary alicyclic amines) is 1. The lowest BCUT2D eigenvalue weighted by molar-refractivity contribution is 0.143. The van der Waals surface area contributed by atoms with Crippen LogP contribution in [0.2, 0.25) is 0 Å². The van der Waals surface area contributed by atoms with Gasteiger partial charge in [0.2, 0.25) is 0 Å². The summed E-state index contributed by atoms with van der Waals surface area (Å²) in [6.07, 6.45) is 6.70. The third-order valence-electron chi connectivity index (χ3n) is 3.68. The number of methoxy groups -OCH3 is 1. The van der Waals surface area contributed by atoms with Crippen molar-refractivity contribution in [2.75, 3.05) is 33.4 Å². The van der Waals surface area contributed by atoms with Crippen molar-refractivity contribution < 1.29 is 4.74 Å². The van der Waals surface area contributed by atoms with Gasteiger partial charge in [-0.3, -0.25) is 0 Å². The van der Waals surface area contributed by atoms with Crippen molar-refractivity contribution in [3.8, 4) is 0 Å². The van der Waals surface area contributed by atoms with Gasteiger partial charge in [-0.1, -0.05) is 20.8 Å². The lowest BCUT2D eigenvalue weighted by Crippen LogP contribution is -2.35. The topological polar surface area (TPSA) is 12.5 Å². The summed E-state index contributed by atoms with van der Waals surface area (Å²) in [6.45, 7) is 11.9. The molecule has 1 aliphatic rings. The first-order chi connectivity index (χ1) is 8.01. The third-order valence-corrected chi connectivity index (χ3v) is 3.68. The summed E-state index contributed by atoms with van der Waals surface area (Å²) in [6, 6.07) is 0. The van der Waals surface area contributed by atoms with Gasteiger partial charge in [0.25, 0.3) is 0 Å². The minimum Gasteiger partial charge on any atom is -0.385 e.